The Balaban J connectivity index is 2.41. The topological polar surface area (TPSA) is 68.4 Å². The second-order valence-electron chi connectivity index (χ2n) is 3.82. The average molecular weight is 262 g/mol. The Morgan fingerprint density at radius 1 is 1.39 bits per heavy atom. The van der Waals surface area contributed by atoms with Crippen LogP contribution in [0.5, 0.6) is 5.88 Å². The molecule has 0 saturated carbocycles. The third kappa shape index (κ3) is 2.75. The van der Waals surface area contributed by atoms with E-state index in [2.05, 4.69) is 4.98 Å². The molecule has 5 heteroatoms. The molecule has 4 nitrogen and oxygen atoms in total. The van der Waals surface area contributed by atoms with Gasteiger partial charge in [-0.3, -0.25) is 0 Å². The number of fused-ring (bicyclic) bond motifs is 1. The molecule has 18 heavy (non-hydrogen) atoms. The molecule has 0 radical (unpaired) electrons. The van der Waals surface area contributed by atoms with Gasteiger partial charge in [-0.25, -0.2) is 4.98 Å². The monoisotopic (exact) mass is 262 g/mol. The number of aliphatic hydroxyl groups is 1. The molecule has 0 atom stereocenters. The van der Waals surface area contributed by atoms with Crippen LogP contribution in [0.25, 0.3) is 10.9 Å². The maximum atomic E-state index is 8.74. The lowest BCUT2D eigenvalue weighted by Crippen LogP contribution is -2.13. The molecule has 0 saturated heterocycles. The number of thiocarbonyl (C=S) groups is 1. The predicted octanol–water partition coefficient (Wildman–Crippen LogP) is 1.63. The van der Waals surface area contributed by atoms with Crippen LogP contribution in [0.2, 0.25) is 0 Å². The van der Waals surface area contributed by atoms with Gasteiger partial charge in [0.25, 0.3) is 0 Å². The van der Waals surface area contributed by atoms with Gasteiger partial charge in [0.2, 0.25) is 5.88 Å². The average Bonchev–Trinajstić information content (AvgIpc) is 2.38. The number of para-hydroxylation sites is 1. The van der Waals surface area contributed by atoms with Crippen LogP contribution in [0.15, 0.2) is 30.3 Å². The number of nitrogens with zero attached hydrogens (tertiary/aromatic N) is 1. The second-order valence-corrected chi connectivity index (χ2v) is 4.26. The van der Waals surface area contributed by atoms with E-state index in [1.165, 1.54) is 0 Å². The first kappa shape index (κ1) is 12.7. The fraction of sp³-hybridized carbons (Fsp3) is 0.231. The Morgan fingerprint density at radius 3 is 2.89 bits per heavy atom. The Hall–Kier alpha value is -1.72. The number of hydrogen-bond donors (Lipinski definition) is 2. The van der Waals surface area contributed by atoms with E-state index in [1.807, 2.05) is 30.3 Å². The van der Waals surface area contributed by atoms with Crippen molar-refractivity contribution < 1.29 is 9.84 Å². The van der Waals surface area contributed by atoms with Crippen LogP contribution in [0.1, 0.15) is 12.0 Å². The number of benzene rings is 1. The molecule has 0 amide bonds. The first-order valence-corrected chi connectivity index (χ1v) is 6.06. The second kappa shape index (κ2) is 5.75. The highest BCUT2D eigenvalue weighted by molar-refractivity contribution is 7.80. The molecule has 0 aliphatic carbocycles. The van der Waals surface area contributed by atoms with Gasteiger partial charge in [0.15, 0.2) is 0 Å². The molecule has 0 bridgehead atoms. The van der Waals surface area contributed by atoms with Gasteiger partial charge in [0, 0.05) is 18.4 Å². The quantitative estimate of drug-likeness (QED) is 0.633. The third-order valence-electron chi connectivity index (χ3n) is 2.50. The predicted molar refractivity (Wildman–Crippen MR) is 74.8 cm³/mol. The molecule has 1 heterocycles. The van der Waals surface area contributed by atoms with Crippen LogP contribution in [-0.2, 0) is 0 Å². The van der Waals surface area contributed by atoms with Crippen LogP contribution >= 0.6 is 12.2 Å². The molecular formula is C13H14N2O2S. The summed E-state index contributed by atoms with van der Waals surface area (Å²) in [6.07, 6.45) is 0.547. The summed E-state index contributed by atoms with van der Waals surface area (Å²) in [5.41, 5.74) is 7.13. The lowest BCUT2D eigenvalue weighted by molar-refractivity contribution is 0.229. The van der Waals surface area contributed by atoms with E-state index < -0.39 is 0 Å². The van der Waals surface area contributed by atoms with Crippen molar-refractivity contribution in [1.82, 2.24) is 4.98 Å². The molecule has 1 aromatic heterocycles. The highest BCUT2D eigenvalue weighted by atomic mass is 32.1. The molecule has 0 fully saturated rings. The van der Waals surface area contributed by atoms with E-state index in [1.54, 1.807) is 0 Å². The standard InChI is InChI=1S/C13H14N2O2S/c14-12(18)10-8-9-4-1-2-5-11(9)15-13(10)17-7-3-6-16/h1-2,4-5,8,16H,3,6-7H2,(H2,14,18). The number of aromatic nitrogens is 1. The van der Waals surface area contributed by atoms with Crippen molar-refractivity contribution in [3.8, 4) is 5.88 Å². The van der Waals surface area contributed by atoms with Crippen molar-refractivity contribution in [2.75, 3.05) is 13.2 Å². The SMILES string of the molecule is NC(=S)c1cc2ccccc2nc1OCCCO. The minimum Gasteiger partial charge on any atom is -0.477 e. The number of aliphatic hydroxyl groups excluding tert-OH is 1. The molecule has 2 rings (SSSR count). The number of nitrogens with two attached hydrogens (primary N) is 1. The molecule has 2 aromatic rings. The highest BCUT2D eigenvalue weighted by Gasteiger charge is 2.10. The van der Waals surface area contributed by atoms with Gasteiger partial charge < -0.3 is 15.6 Å². The largest absolute Gasteiger partial charge is 0.477 e. The summed E-state index contributed by atoms with van der Waals surface area (Å²) in [6.45, 7) is 0.466. The Morgan fingerprint density at radius 2 is 2.17 bits per heavy atom. The molecule has 0 spiro atoms. The van der Waals surface area contributed by atoms with Gasteiger partial charge in [0.05, 0.1) is 17.7 Å². The lowest BCUT2D eigenvalue weighted by atomic mass is 10.1. The van der Waals surface area contributed by atoms with Crippen molar-refractivity contribution in [3.05, 3.63) is 35.9 Å². The van der Waals surface area contributed by atoms with Crippen LogP contribution in [0.4, 0.5) is 0 Å². The fourth-order valence-corrected chi connectivity index (χ4v) is 1.76. The highest BCUT2D eigenvalue weighted by Crippen LogP contribution is 2.22. The molecule has 1 aromatic carbocycles. The van der Waals surface area contributed by atoms with E-state index >= 15 is 0 Å². The zero-order chi connectivity index (χ0) is 13.0. The van der Waals surface area contributed by atoms with E-state index in [9.17, 15) is 0 Å². The number of ether oxygens (including phenoxy) is 1. The molecule has 94 valence electrons. The maximum absolute atomic E-state index is 8.74. The number of pyridine rings is 1. The Kier molecular flexibility index (Phi) is 4.07. The van der Waals surface area contributed by atoms with Crippen molar-refractivity contribution in [3.63, 3.8) is 0 Å². The number of rotatable bonds is 5. The number of hydrogen-bond acceptors (Lipinski definition) is 4. The summed E-state index contributed by atoms with van der Waals surface area (Å²) in [6, 6.07) is 9.56. The Bertz CT molecular complexity index is 572. The first-order valence-electron chi connectivity index (χ1n) is 5.65. The third-order valence-corrected chi connectivity index (χ3v) is 2.72. The molecule has 0 unspecified atom stereocenters. The summed E-state index contributed by atoms with van der Waals surface area (Å²) in [5.74, 6) is 0.426. The van der Waals surface area contributed by atoms with Crippen molar-refractivity contribution in [2.24, 2.45) is 5.73 Å². The zero-order valence-electron chi connectivity index (χ0n) is 9.80. The van der Waals surface area contributed by atoms with E-state index in [-0.39, 0.29) is 11.6 Å². The van der Waals surface area contributed by atoms with E-state index in [0.717, 1.165) is 10.9 Å². The van der Waals surface area contributed by atoms with Crippen LogP contribution < -0.4 is 10.5 Å². The van der Waals surface area contributed by atoms with Crippen molar-refractivity contribution in [1.29, 1.82) is 0 Å². The molecule has 3 N–H and O–H groups in total. The first-order chi connectivity index (χ1) is 8.72. The van der Waals surface area contributed by atoms with E-state index in [4.69, 9.17) is 27.8 Å². The van der Waals surface area contributed by atoms with Gasteiger partial charge in [0.1, 0.15) is 4.99 Å². The minimum absolute atomic E-state index is 0.0794. The smallest absolute Gasteiger partial charge is 0.224 e. The van der Waals surface area contributed by atoms with Gasteiger partial charge in [-0.15, -0.1) is 0 Å². The van der Waals surface area contributed by atoms with Crippen LogP contribution in [0.3, 0.4) is 0 Å². The molecular weight excluding hydrogens is 248 g/mol. The minimum atomic E-state index is 0.0794. The normalized spacial score (nSPS) is 10.5. The van der Waals surface area contributed by atoms with Gasteiger partial charge in [-0.2, -0.15) is 0 Å². The summed E-state index contributed by atoms with van der Waals surface area (Å²) in [7, 11) is 0. The lowest BCUT2D eigenvalue weighted by Gasteiger charge is -2.10. The van der Waals surface area contributed by atoms with Gasteiger partial charge in [-0.05, 0) is 12.1 Å². The van der Waals surface area contributed by atoms with Gasteiger partial charge in [-0.1, -0.05) is 30.4 Å². The summed E-state index contributed by atoms with van der Waals surface area (Å²) < 4.78 is 5.51. The van der Waals surface area contributed by atoms with Crippen molar-refractivity contribution in [2.45, 2.75) is 6.42 Å². The summed E-state index contributed by atoms with van der Waals surface area (Å²) in [5, 5.41) is 9.71. The Labute approximate surface area is 110 Å². The summed E-state index contributed by atoms with van der Waals surface area (Å²) >= 11 is 5.00. The maximum Gasteiger partial charge on any atom is 0.224 e. The molecule has 0 aliphatic heterocycles. The van der Waals surface area contributed by atoms with Crippen LogP contribution in [0, 0.1) is 0 Å². The van der Waals surface area contributed by atoms with Crippen molar-refractivity contribution >= 4 is 28.1 Å². The van der Waals surface area contributed by atoms with E-state index in [0.29, 0.717) is 24.5 Å². The molecule has 0 aliphatic rings. The van der Waals surface area contributed by atoms with Crippen LogP contribution in [-0.4, -0.2) is 28.3 Å². The fourth-order valence-electron chi connectivity index (χ4n) is 1.62. The zero-order valence-corrected chi connectivity index (χ0v) is 10.6. The van der Waals surface area contributed by atoms with Gasteiger partial charge >= 0.3 is 0 Å². The summed E-state index contributed by atoms with van der Waals surface area (Å²) in [4.78, 5) is 4.65.